The van der Waals surface area contributed by atoms with Gasteiger partial charge in [-0.25, -0.2) is 4.98 Å². The van der Waals surface area contributed by atoms with Crippen LogP contribution in [-0.4, -0.2) is 16.5 Å². The Kier molecular flexibility index (Phi) is 4.02. The van der Waals surface area contributed by atoms with E-state index in [2.05, 4.69) is 27.6 Å². The zero-order chi connectivity index (χ0) is 11.2. The number of thiazole rings is 1. The topological polar surface area (TPSA) is 37.8 Å². The minimum atomic E-state index is 0.865. The van der Waals surface area contributed by atoms with E-state index >= 15 is 0 Å². The van der Waals surface area contributed by atoms with Crippen LogP contribution in [0.2, 0.25) is 0 Å². The molecule has 16 heavy (non-hydrogen) atoms. The van der Waals surface area contributed by atoms with Crippen LogP contribution in [0.4, 0.5) is 0 Å². The average molecular weight is 233 g/mol. The van der Waals surface area contributed by atoms with E-state index in [1.807, 2.05) is 12.1 Å². The van der Waals surface area contributed by atoms with Gasteiger partial charge in [-0.2, -0.15) is 0 Å². The predicted octanol–water partition coefficient (Wildman–Crippen LogP) is 2.70. The highest BCUT2D eigenvalue weighted by Gasteiger charge is 2.03. The first-order valence-corrected chi connectivity index (χ1v) is 6.33. The van der Waals surface area contributed by atoms with Gasteiger partial charge in [-0.1, -0.05) is 6.92 Å². The molecule has 0 aliphatic rings. The van der Waals surface area contributed by atoms with Gasteiger partial charge in [0.15, 0.2) is 0 Å². The molecule has 2 rings (SSSR count). The summed E-state index contributed by atoms with van der Waals surface area (Å²) in [6.07, 6.45) is 4.75. The van der Waals surface area contributed by atoms with Crippen LogP contribution >= 0.6 is 11.3 Å². The normalized spacial score (nSPS) is 10.6. The van der Waals surface area contributed by atoms with E-state index < -0.39 is 0 Å². The number of rotatable bonds is 5. The quantitative estimate of drug-likeness (QED) is 0.807. The summed E-state index contributed by atoms with van der Waals surface area (Å²) in [5, 5.41) is 6.59. The zero-order valence-electron chi connectivity index (χ0n) is 9.31. The molecule has 2 heterocycles. The van der Waals surface area contributed by atoms with Crippen molar-refractivity contribution in [3.8, 4) is 11.3 Å². The van der Waals surface area contributed by atoms with Crippen LogP contribution in [0.15, 0.2) is 29.9 Å². The molecule has 84 valence electrons. The molecule has 0 spiro atoms. The smallest absolute Gasteiger partial charge is 0.107 e. The molecule has 0 bridgehead atoms. The second-order valence-corrected chi connectivity index (χ2v) is 4.48. The van der Waals surface area contributed by atoms with Crippen LogP contribution in [0, 0.1) is 0 Å². The summed E-state index contributed by atoms with van der Waals surface area (Å²) in [6, 6.07) is 3.97. The van der Waals surface area contributed by atoms with Crippen molar-refractivity contribution < 1.29 is 0 Å². The maximum absolute atomic E-state index is 4.58. The van der Waals surface area contributed by atoms with E-state index in [-0.39, 0.29) is 0 Å². The Bertz CT molecular complexity index is 425. The number of nitrogens with one attached hydrogen (secondary N) is 1. The Morgan fingerprint density at radius 1 is 1.31 bits per heavy atom. The van der Waals surface area contributed by atoms with Crippen molar-refractivity contribution in [2.75, 3.05) is 6.54 Å². The summed E-state index contributed by atoms with van der Waals surface area (Å²) in [4.78, 5) is 8.58. The third-order valence-corrected chi connectivity index (χ3v) is 3.08. The summed E-state index contributed by atoms with van der Waals surface area (Å²) >= 11 is 1.70. The van der Waals surface area contributed by atoms with Crippen molar-refractivity contribution in [2.24, 2.45) is 0 Å². The first-order valence-electron chi connectivity index (χ1n) is 5.45. The van der Waals surface area contributed by atoms with Gasteiger partial charge in [-0.05, 0) is 25.1 Å². The van der Waals surface area contributed by atoms with Gasteiger partial charge in [0.2, 0.25) is 0 Å². The summed E-state index contributed by atoms with van der Waals surface area (Å²) in [6.45, 7) is 4.07. The van der Waals surface area contributed by atoms with Crippen LogP contribution in [0.25, 0.3) is 11.3 Å². The summed E-state index contributed by atoms with van der Waals surface area (Å²) in [5.74, 6) is 0. The second-order valence-electron chi connectivity index (χ2n) is 3.54. The largest absolute Gasteiger partial charge is 0.310 e. The lowest BCUT2D eigenvalue weighted by atomic mass is 10.2. The lowest BCUT2D eigenvalue weighted by Gasteiger charge is -1.98. The van der Waals surface area contributed by atoms with Gasteiger partial charge >= 0.3 is 0 Å². The molecule has 0 saturated heterocycles. The maximum atomic E-state index is 4.58. The van der Waals surface area contributed by atoms with Crippen molar-refractivity contribution in [1.82, 2.24) is 15.3 Å². The standard InChI is InChI=1S/C12H15N3S/c1-2-5-14-8-12-15-11(9-16-12)10-3-6-13-7-4-10/h3-4,6-7,9,14H,2,5,8H2,1H3. The van der Waals surface area contributed by atoms with Gasteiger partial charge in [0, 0.05) is 29.9 Å². The Labute approximate surface area is 99.6 Å². The van der Waals surface area contributed by atoms with Crippen molar-refractivity contribution >= 4 is 11.3 Å². The van der Waals surface area contributed by atoms with Crippen LogP contribution < -0.4 is 5.32 Å². The van der Waals surface area contributed by atoms with Gasteiger partial charge in [-0.3, -0.25) is 4.98 Å². The molecule has 0 atom stereocenters. The Balaban J connectivity index is 2.02. The molecule has 0 aliphatic carbocycles. The molecule has 1 N–H and O–H groups in total. The summed E-state index contributed by atoms with van der Waals surface area (Å²) in [5.41, 5.74) is 2.17. The van der Waals surface area contributed by atoms with Crippen LogP contribution in [0.1, 0.15) is 18.4 Å². The van der Waals surface area contributed by atoms with Crippen molar-refractivity contribution in [2.45, 2.75) is 19.9 Å². The third-order valence-electron chi connectivity index (χ3n) is 2.23. The molecular weight excluding hydrogens is 218 g/mol. The van der Waals surface area contributed by atoms with Gasteiger partial charge in [-0.15, -0.1) is 11.3 Å². The molecule has 0 unspecified atom stereocenters. The fraction of sp³-hybridized carbons (Fsp3) is 0.333. The van der Waals surface area contributed by atoms with E-state index in [1.54, 1.807) is 23.7 Å². The van der Waals surface area contributed by atoms with Crippen molar-refractivity contribution in [1.29, 1.82) is 0 Å². The molecule has 0 aromatic carbocycles. The second kappa shape index (κ2) is 5.72. The van der Waals surface area contributed by atoms with E-state index in [1.165, 1.54) is 0 Å². The first-order chi connectivity index (χ1) is 7.90. The SMILES string of the molecule is CCCNCc1nc(-c2ccncc2)cs1. The van der Waals surface area contributed by atoms with Crippen molar-refractivity contribution in [3.05, 3.63) is 34.9 Å². The summed E-state index contributed by atoms with van der Waals surface area (Å²) in [7, 11) is 0. The Morgan fingerprint density at radius 2 is 2.12 bits per heavy atom. The fourth-order valence-corrected chi connectivity index (χ4v) is 2.19. The van der Waals surface area contributed by atoms with Gasteiger partial charge in [0.25, 0.3) is 0 Å². The van der Waals surface area contributed by atoms with Gasteiger partial charge in [0.1, 0.15) is 5.01 Å². The number of aromatic nitrogens is 2. The fourth-order valence-electron chi connectivity index (χ4n) is 1.42. The van der Waals surface area contributed by atoms with E-state index in [0.29, 0.717) is 0 Å². The molecule has 2 aromatic rings. The summed E-state index contributed by atoms with van der Waals surface area (Å²) < 4.78 is 0. The molecular formula is C12H15N3S. The molecule has 0 fully saturated rings. The average Bonchev–Trinajstić information content (AvgIpc) is 2.79. The number of hydrogen-bond acceptors (Lipinski definition) is 4. The highest BCUT2D eigenvalue weighted by Crippen LogP contribution is 2.20. The molecule has 0 radical (unpaired) electrons. The molecule has 0 saturated carbocycles. The molecule has 3 nitrogen and oxygen atoms in total. The van der Waals surface area contributed by atoms with Gasteiger partial charge < -0.3 is 5.32 Å². The number of pyridine rings is 1. The predicted molar refractivity (Wildman–Crippen MR) is 67.3 cm³/mol. The lowest BCUT2D eigenvalue weighted by molar-refractivity contribution is 0.673. The maximum Gasteiger partial charge on any atom is 0.107 e. The van der Waals surface area contributed by atoms with E-state index in [0.717, 1.165) is 35.8 Å². The van der Waals surface area contributed by atoms with Gasteiger partial charge in [0.05, 0.1) is 5.69 Å². The van der Waals surface area contributed by atoms with Crippen LogP contribution in [-0.2, 0) is 6.54 Å². The third kappa shape index (κ3) is 2.87. The minimum Gasteiger partial charge on any atom is -0.310 e. The molecule has 2 aromatic heterocycles. The Morgan fingerprint density at radius 3 is 2.88 bits per heavy atom. The number of nitrogens with zero attached hydrogens (tertiary/aromatic N) is 2. The van der Waals surface area contributed by atoms with Crippen LogP contribution in [0.3, 0.4) is 0 Å². The van der Waals surface area contributed by atoms with E-state index in [4.69, 9.17) is 0 Å². The molecule has 0 aliphatic heterocycles. The van der Waals surface area contributed by atoms with Crippen LogP contribution in [0.5, 0.6) is 0 Å². The Hall–Kier alpha value is -1.26. The monoisotopic (exact) mass is 233 g/mol. The van der Waals surface area contributed by atoms with E-state index in [9.17, 15) is 0 Å². The van der Waals surface area contributed by atoms with Crippen molar-refractivity contribution in [3.63, 3.8) is 0 Å². The highest BCUT2D eigenvalue weighted by atomic mass is 32.1. The number of hydrogen-bond donors (Lipinski definition) is 1. The highest BCUT2D eigenvalue weighted by molar-refractivity contribution is 7.09. The molecule has 0 amide bonds. The zero-order valence-corrected chi connectivity index (χ0v) is 10.1. The minimum absolute atomic E-state index is 0.865. The lowest BCUT2D eigenvalue weighted by Crippen LogP contribution is -2.13. The first kappa shape index (κ1) is 11.2. The molecule has 4 heteroatoms.